The molecular formula is C27H24F3N5O3. The molecule has 0 amide bonds. The number of alkyl halides is 3. The fraction of sp³-hybridized carbons (Fsp3) is 0.259. The SMILES string of the molecule is [C-]#[N+]c1ccc(-n2nccc2-c2c(C)n(-c3cccc(C(F)(F)F)c3)c(=O)n2CC(=O)OC(C)(C)C)cc1. The van der Waals surface area contributed by atoms with E-state index < -0.39 is 35.5 Å². The molecular weight excluding hydrogens is 499 g/mol. The van der Waals surface area contributed by atoms with E-state index in [1.807, 2.05) is 0 Å². The molecule has 0 atom stereocenters. The summed E-state index contributed by atoms with van der Waals surface area (Å²) in [4.78, 5) is 29.8. The van der Waals surface area contributed by atoms with E-state index in [9.17, 15) is 22.8 Å². The lowest BCUT2D eigenvalue weighted by molar-refractivity contribution is -0.155. The molecule has 196 valence electrons. The molecule has 0 aliphatic heterocycles. The molecule has 0 N–H and O–H groups in total. The van der Waals surface area contributed by atoms with Crippen molar-refractivity contribution in [3.05, 3.63) is 94.0 Å². The van der Waals surface area contributed by atoms with Crippen LogP contribution in [0.25, 0.3) is 27.6 Å². The number of imidazole rings is 1. The summed E-state index contributed by atoms with van der Waals surface area (Å²) in [6.45, 7) is 13.3. The Kier molecular flexibility index (Phi) is 6.76. The molecule has 2 heterocycles. The van der Waals surface area contributed by atoms with Gasteiger partial charge in [0, 0.05) is 0 Å². The molecule has 2 aromatic carbocycles. The first-order valence-corrected chi connectivity index (χ1v) is 11.5. The van der Waals surface area contributed by atoms with E-state index in [1.165, 1.54) is 27.6 Å². The van der Waals surface area contributed by atoms with Gasteiger partial charge in [-0.3, -0.25) is 13.9 Å². The predicted molar refractivity (Wildman–Crippen MR) is 134 cm³/mol. The number of benzene rings is 2. The zero-order valence-corrected chi connectivity index (χ0v) is 21.1. The highest BCUT2D eigenvalue weighted by Gasteiger charge is 2.32. The lowest BCUT2D eigenvalue weighted by Gasteiger charge is -2.20. The number of aromatic nitrogens is 4. The van der Waals surface area contributed by atoms with Crippen LogP contribution in [0.4, 0.5) is 18.9 Å². The van der Waals surface area contributed by atoms with E-state index in [1.54, 1.807) is 58.0 Å². The van der Waals surface area contributed by atoms with Gasteiger partial charge >= 0.3 is 17.8 Å². The van der Waals surface area contributed by atoms with Gasteiger partial charge in [0.15, 0.2) is 5.69 Å². The van der Waals surface area contributed by atoms with Gasteiger partial charge in [-0.15, -0.1) is 0 Å². The van der Waals surface area contributed by atoms with Gasteiger partial charge in [-0.2, -0.15) is 18.3 Å². The van der Waals surface area contributed by atoms with Crippen LogP contribution >= 0.6 is 0 Å². The highest BCUT2D eigenvalue weighted by Crippen LogP contribution is 2.32. The molecule has 0 aliphatic rings. The Hall–Kier alpha value is -4.59. The van der Waals surface area contributed by atoms with Gasteiger partial charge in [0.2, 0.25) is 0 Å². The minimum atomic E-state index is -4.61. The minimum absolute atomic E-state index is 0.000936. The van der Waals surface area contributed by atoms with E-state index in [-0.39, 0.29) is 11.4 Å². The maximum Gasteiger partial charge on any atom is 0.416 e. The molecule has 0 saturated heterocycles. The Labute approximate surface area is 216 Å². The number of ether oxygens (including phenoxy) is 1. The van der Waals surface area contributed by atoms with Crippen molar-refractivity contribution in [3.8, 4) is 22.8 Å². The molecule has 11 heteroatoms. The van der Waals surface area contributed by atoms with Crippen LogP contribution in [0, 0.1) is 13.5 Å². The second-order valence-corrected chi connectivity index (χ2v) is 9.53. The minimum Gasteiger partial charge on any atom is -0.459 e. The van der Waals surface area contributed by atoms with Crippen LogP contribution in [0.3, 0.4) is 0 Å². The van der Waals surface area contributed by atoms with Gasteiger partial charge in [-0.05, 0) is 64.1 Å². The molecule has 0 saturated carbocycles. The van der Waals surface area contributed by atoms with Gasteiger partial charge in [-0.1, -0.05) is 18.2 Å². The summed E-state index contributed by atoms with van der Waals surface area (Å²) in [5, 5.41) is 4.35. The van der Waals surface area contributed by atoms with E-state index in [4.69, 9.17) is 11.3 Å². The molecule has 0 aliphatic carbocycles. The van der Waals surface area contributed by atoms with Crippen LogP contribution in [0.2, 0.25) is 0 Å². The molecule has 2 aromatic heterocycles. The molecule has 4 aromatic rings. The molecule has 0 unspecified atom stereocenters. The Bertz CT molecular complexity index is 1600. The highest BCUT2D eigenvalue weighted by atomic mass is 19.4. The molecule has 0 spiro atoms. The second-order valence-electron chi connectivity index (χ2n) is 9.53. The topological polar surface area (TPSA) is 75.4 Å². The number of esters is 1. The predicted octanol–water partition coefficient (Wildman–Crippen LogP) is 5.71. The Morgan fingerprint density at radius 1 is 1.05 bits per heavy atom. The van der Waals surface area contributed by atoms with Crippen LogP contribution in [0.1, 0.15) is 32.0 Å². The number of halogens is 3. The third kappa shape index (κ3) is 5.25. The molecule has 0 radical (unpaired) electrons. The van der Waals surface area contributed by atoms with Crippen molar-refractivity contribution in [1.82, 2.24) is 18.9 Å². The molecule has 0 fully saturated rings. The molecule has 8 nitrogen and oxygen atoms in total. The summed E-state index contributed by atoms with van der Waals surface area (Å²) in [7, 11) is 0. The molecule has 0 bridgehead atoms. The average molecular weight is 524 g/mol. The monoisotopic (exact) mass is 523 g/mol. The quantitative estimate of drug-likeness (QED) is 0.248. The fourth-order valence-corrected chi connectivity index (χ4v) is 4.12. The van der Waals surface area contributed by atoms with Gasteiger partial charge in [0.05, 0.1) is 46.8 Å². The Morgan fingerprint density at radius 2 is 1.74 bits per heavy atom. The first-order chi connectivity index (χ1) is 17.8. The lowest BCUT2D eigenvalue weighted by Crippen LogP contribution is -2.31. The van der Waals surface area contributed by atoms with Crippen molar-refractivity contribution in [1.29, 1.82) is 0 Å². The fourth-order valence-electron chi connectivity index (χ4n) is 4.12. The van der Waals surface area contributed by atoms with Crippen LogP contribution in [-0.4, -0.2) is 30.5 Å². The zero-order valence-electron chi connectivity index (χ0n) is 21.1. The standard InChI is InChI=1S/C27H24F3N5O3/c1-17-24(22-13-14-32-35(22)20-11-9-19(31-5)10-12-20)33(16-23(36)38-26(2,3)4)25(37)34(17)21-8-6-7-18(15-21)27(28,29)30/h6-15H,16H2,1-4H3. The summed E-state index contributed by atoms with van der Waals surface area (Å²) in [5.41, 5.74) is -0.417. The normalized spacial score (nSPS) is 11.8. The second kappa shape index (κ2) is 9.70. The molecule has 38 heavy (non-hydrogen) atoms. The number of hydrogen-bond donors (Lipinski definition) is 0. The number of nitrogens with zero attached hydrogens (tertiary/aromatic N) is 5. The largest absolute Gasteiger partial charge is 0.459 e. The third-order valence-electron chi connectivity index (χ3n) is 5.62. The summed E-state index contributed by atoms with van der Waals surface area (Å²) in [5.74, 6) is -0.686. The van der Waals surface area contributed by atoms with Gasteiger partial charge in [0.1, 0.15) is 12.1 Å². The van der Waals surface area contributed by atoms with E-state index in [0.717, 1.165) is 16.7 Å². The van der Waals surface area contributed by atoms with Crippen molar-refractivity contribution in [2.75, 3.05) is 0 Å². The third-order valence-corrected chi connectivity index (χ3v) is 5.62. The Morgan fingerprint density at radius 3 is 2.34 bits per heavy atom. The number of carbonyl (C=O) groups is 1. The van der Waals surface area contributed by atoms with Crippen LogP contribution in [0.15, 0.2) is 65.6 Å². The van der Waals surface area contributed by atoms with Crippen LogP contribution in [0.5, 0.6) is 0 Å². The smallest absolute Gasteiger partial charge is 0.416 e. The Balaban J connectivity index is 1.94. The molecule has 4 rings (SSSR count). The summed E-state index contributed by atoms with van der Waals surface area (Å²) in [6.07, 6.45) is -3.10. The van der Waals surface area contributed by atoms with Crippen LogP contribution in [-0.2, 0) is 22.3 Å². The number of rotatable bonds is 5. The first kappa shape index (κ1) is 26.5. The summed E-state index contributed by atoms with van der Waals surface area (Å²) < 4.78 is 49.5. The summed E-state index contributed by atoms with van der Waals surface area (Å²) >= 11 is 0. The highest BCUT2D eigenvalue weighted by molar-refractivity contribution is 5.72. The van der Waals surface area contributed by atoms with Crippen molar-refractivity contribution in [2.45, 2.75) is 46.0 Å². The first-order valence-electron chi connectivity index (χ1n) is 11.5. The van der Waals surface area contributed by atoms with Gasteiger partial charge in [-0.25, -0.2) is 14.3 Å². The van der Waals surface area contributed by atoms with Gasteiger partial charge < -0.3 is 4.74 Å². The van der Waals surface area contributed by atoms with Crippen molar-refractivity contribution >= 4 is 11.7 Å². The van der Waals surface area contributed by atoms with Crippen LogP contribution < -0.4 is 5.69 Å². The average Bonchev–Trinajstić information content (AvgIpc) is 3.40. The van der Waals surface area contributed by atoms with Crippen molar-refractivity contribution < 1.29 is 22.7 Å². The summed E-state index contributed by atoms with van der Waals surface area (Å²) in [6, 6.07) is 12.6. The maximum absolute atomic E-state index is 13.7. The lowest BCUT2D eigenvalue weighted by atomic mass is 10.2. The number of hydrogen-bond acceptors (Lipinski definition) is 4. The van der Waals surface area contributed by atoms with Gasteiger partial charge in [0.25, 0.3) is 0 Å². The zero-order chi connectivity index (χ0) is 27.8. The van der Waals surface area contributed by atoms with E-state index >= 15 is 0 Å². The van der Waals surface area contributed by atoms with E-state index in [2.05, 4.69) is 9.94 Å². The number of carbonyl (C=O) groups excluding carboxylic acids is 1. The van der Waals surface area contributed by atoms with E-state index in [0.29, 0.717) is 22.8 Å². The maximum atomic E-state index is 13.7. The van der Waals surface area contributed by atoms with Crippen molar-refractivity contribution in [3.63, 3.8) is 0 Å². The van der Waals surface area contributed by atoms with Crippen molar-refractivity contribution in [2.24, 2.45) is 0 Å².